The lowest BCUT2D eigenvalue weighted by Gasteiger charge is -2.08. The van der Waals surface area contributed by atoms with E-state index >= 15 is 0 Å². The Morgan fingerprint density at radius 2 is 1.23 bits per heavy atom. The highest BCUT2D eigenvalue weighted by Gasteiger charge is 2.13. The van der Waals surface area contributed by atoms with Crippen LogP contribution in [0, 0.1) is 0 Å². The standard InChI is InChI=1S/C24H36Cl2O4/c1-2-3-4-5-6-7-8-9-10-11-12-19-29-22(27)17-14-18-23(28)30-24-20(25)15-13-16-21(24)26/h13,15-16H,2-12,14,17-19H2,1H3. The van der Waals surface area contributed by atoms with E-state index in [0.29, 0.717) is 13.0 Å². The Morgan fingerprint density at radius 1 is 0.733 bits per heavy atom. The van der Waals surface area contributed by atoms with Crippen LogP contribution in [0.2, 0.25) is 10.0 Å². The first-order valence-electron chi connectivity index (χ1n) is 11.3. The molecule has 0 spiro atoms. The summed E-state index contributed by atoms with van der Waals surface area (Å²) in [4.78, 5) is 23.6. The lowest BCUT2D eigenvalue weighted by atomic mass is 10.1. The number of halogens is 2. The van der Waals surface area contributed by atoms with Gasteiger partial charge in [0.15, 0.2) is 5.75 Å². The largest absolute Gasteiger partial charge is 0.466 e. The fourth-order valence-corrected chi connectivity index (χ4v) is 3.62. The lowest BCUT2D eigenvalue weighted by molar-refractivity contribution is -0.144. The van der Waals surface area contributed by atoms with Crippen LogP contribution in [0.3, 0.4) is 0 Å². The monoisotopic (exact) mass is 458 g/mol. The molecule has 0 N–H and O–H groups in total. The van der Waals surface area contributed by atoms with Gasteiger partial charge in [-0.2, -0.15) is 0 Å². The van der Waals surface area contributed by atoms with Gasteiger partial charge in [-0.25, -0.2) is 0 Å². The number of ether oxygens (including phenoxy) is 2. The van der Waals surface area contributed by atoms with Crippen molar-refractivity contribution in [3.8, 4) is 5.75 Å². The number of carbonyl (C=O) groups is 2. The predicted octanol–water partition coefficient (Wildman–Crippen LogP) is 7.92. The first kappa shape index (κ1) is 26.8. The predicted molar refractivity (Wildman–Crippen MR) is 123 cm³/mol. The minimum absolute atomic E-state index is 0.106. The Labute approximate surface area is 191 Å². The van der Waals surface area contributed by atoms with E-state index < -0.39 is 5.97 Å². The fourth-order valence-electron chi connectivity index (χ4n) is 3.15. The third kappa shape index (κ3) is 13.1. The van der Waals surface area contributed by atoms with Gasteiger partial charge in [0, 0.05) is 12.8 Å². The molecule has 0 unspecified atom stereocenters. The summed E-state index contributed by atoms with van der Waals surface area (Å²) in [6.45, 7) is 2.70. The van der Waals surface area contributed by atoms with Crippen molar-refractivity contribution >= 4 is 35.1 Å². The second-order valence-electron chi connectivity index (χ2n) is 7.63. The van der Waals surface area contributed by atoms with E-state index in [1.54, 1.807) is 18.2 Å². The average Bonchev–Trinajstić information content (AvgIpc) is 2.71. The fraction of sp³-hybridized carbons (Fsp3) is 0.667. The topological polar surface area (TPSA) is 52.6 Å². The molecule has 170 valence electrons. The van der Waals surface area contributed by atoms with E-state index in [-0.39, 0.29) is 34.6 Å². The summed E-state index contributed by atoms with van der Waals surface area (Å²) >= 11 is 11.9. The molecule has 0 aromatic heterocycles. The number of rotatable bonds is 17. The third-order valence-corrected chi connectivity index (χ3v) is 5.50. The van der Waals surface area contributed by atoms with Gasteiger partial charge in [0.2, 0.25) is 0 Å². The van der Waals surface area contributed by atoms with Crippen molar-refractivity contribution in [2.75, 3.05) is 6.61 Å². The summed E-state index contributed by atoms with van der Waals surface area (Å²) < 4.78 is 10.4. The molecule has 0 aliphatic heterocycles. The molecule has 30 heavy (non-hydrogen) atoms. The highest BCUT2D eigenvalue weighted by atomic mass is 35.5. The molecule has 0 aliphatic rings. The summed E-state index contributed by atoms with van der Waals surface area (Å²) in [6, 6.07) is 4.87. The van der Waals surface area contributed by atoms with Gasteiger partial charge in [0.05, 0.1) is 16.7 Å². The molecule has 1 aromatic carbocycles. The highest BCUT2D eigenvalue weighted by Crippen LogP contribution is 2.32. The molecule has 0 saturated heterocycles. The Balaban J connectivity index is 1.96. The molecule has 0 saturated carbocycles. The molecular weight excluding hydrogens is 423 g/mol. The highest BCUT2D eigenvalue weighted by molar-refractivity contribution is 6.37. The molecule has 1 rings (SSSR count). The van der Waals surface area contributed by atoms with Gasteiger partial charge in [0.25, 0.3) is 0 Å². The molecule has 0 bridgehead atoms. The molecule has 4 nitrogen and oxygen atoms in total. The Bertz CT molecular complexity index is 599. The molecule has 1 aromatic rings. The maximum atomic E-state index is 11.9. The normalized spacial score (nSPS) is 10.8. The summed E-state index contributed by atoms with van der Waals surface area (Å²) in [5.41, 5.74) is 0. The summed E-state index contributed by atoms with van der Waals surface area (Å²) in [5, 5.41) is 0.560. The average molecular weight is 459 g/mol. The summed E-state index contributed by atoms with van der Waals surface area (Å²) in [5.74, 6) is -0.585. The Morgan fingerprint density at radius 3 is 1.80 bits per heavy atom. The van der Waals surface area contributed by atoms with Crippen molar-refractivity contribution in [2.24, 2.45) is 0 Å². The third-order valence-electron chi connectivity index (χ3n) is 4.91. The molecule has 0 atom stereocenters. The van der Waals surface area contributed by atoms with Crippen LogP contribution < -0.4 is 4.74 Å². The van der Waals surface area contributed by atoms with Crippen molar-refractivity contribution in [1.82, 2.24) is 0 Å². The van der Waals surface area contributed by atoms with Crippen LogP contribution >= 0.6 is 23.2 Å². The van der Waals surface area contributed by atoms with Crippen LogP contribution in [0.15, 0.2) is 18.2 Å². The smallest absolute Gasteiger partial charge is 0.311 e. The van der Waals surface area contributed by atoms with E-state index in [4.69, 9.17) is 32.7 Å². The van der Waals surface area contributed by atoms with Gasteiger partial charge < -0.3 is 9.47 Å². The SMILES string of the molecule is CCCCCCCCCCCCCOC(=O)CCCC(=O)Oc1c(Cl)cccc1Cl. The first-order valence-corrected chi connectivity index (χ1v) is 12.1. The van der Waals surface area contributed by atoms with Crippen LogP contribution in [0.5, 0.6) is 5.75 Å². The van der Waals surface area contributed by atoms with Crippen LogP contribution in [-0.4, -0.2) is 18.5 Å². The lowest BCUT2D eigenvalue weighted by Crippen LogP contribution is -2.11. The van der Waals surface area contributed by atoms with Gasteiger partial charge >= 0.3 is 11.9 Å². The molecule has 0 amide bonds. The number of hydrogen-bond donors (Lipinski definition) is 0. The van der Waals surface area contributed by atoms with Gasteiger partial charge in [-0.3, -0.25) is 9.59 Å². The second-order valence-corrected chi connectivity index (χ2v) is 8.45. The quantitative estimate of drug-likeness (QED) is 0.135. The first-order chi connectivity index (χ1) is 14.5. The number of esters is 2. The van der Waals surface area contributed by atoms with Crippen molar-refractivity contribution in [3.63, 3.8) is 0 Å². The van der Waals surface area contributed by atoms with Gasteiger partial charge in [-0.05, 0) is 25.0 Å². The maximum Gasteiger partial charge on any atom is 0.311 e. The molecule has 6 heteroatoms. The molecule has 0 fully saturated rings. The maximum absolute atomic E-state index is 11.9. The summed E-state index contributed by atoms with van der Waals surface area (Å²) in [6.07, 6.45) is 14.5. The van der Waals surface area contributed by atoms with E-state index in [1.165, 1.54) is 57.8 Å². The minimum Gasteiger partial charge on any atom is -0.466 e. The Hall–Kier alpha value is -1.26. The molecule has 0 radical (unpaired) electrons. The molecule has 0 heterocycles. The van der Waals surface area contributed by atoms with Crippen molar-refractivity contribution in [2.45, 2.75) is 96.8 Å². The number of unbranched alkanes of at least 4 members (excludes halogenated alkanes) is 10. The number of benzene rings is 1. The number of carbonyl (C=O) groups excluding carboxylic acids is 2. The zero-order chi connectivity index (χ0) is 22.0. The van der Waals surface area contributed by atoms with E-state index in [1.807, 2.05) is 0 Å². The minimum atomic E-state index is -0.469. The van der Waals surface area contributed by atoms with Crippen LogP contribution in [0.1, 0.15) is 96.8 Å². The van der Waals surface area contributed by atoms with Crippen LogP contribution in [-0.2, 0) is 14.3 Å². The van der Waals surface area contributed by atoms with Crippen LogP contribution in [0.25, 0.3) is 0 Å². The molecule has 0 aliphatic carbocycles. The Kier molecular flexibility index (Phi) is 15.6. The van der Waals surface area contributed by atoms with Crippen molar-refractivity contribution in [1.29, 1.82) is 0 Å². The van der Waals surface area contributed by atoms with Gasteiger partial charge in [-0.1, -0.05) is 100 Å². The summed E-state index contributed by atoms with van der Waals surface area (Å²) in [7, 11) is 0. The zero-order valence-corrected chi connectivity index (χ0v) is 19.7. The molecular formula is C24H36Cl2O4. The van der Waals surface area contributed by atoms with E-state index in [0.717, 1.165) is 12.8 Å². The zero-order valence-electron chi connectivity index (χ0n) is 18.2. The number of para-hydroxylation sites is 1. The van der Waals surface area contributed by atoms with E-state index in [2.05, 4.69) is 6.92 Å². The second kappa shape index (κ2) is 17.4. The van der Waals surface area contributed by atoms with Crippen molar-refractivity contribution < 1.29 is 19.1 Å². The van der Waals surface area contributed by atoms with Crippen molar-refractivity contribution in [3.05, 3.63) is 28.2 Å². The van der Waals surface area contributed by atoms with E-state index in [9.17, 15) is 9.59 Å². The van der Waals surface area contributed by atoms with Crippen LogP contribution in [0.4, 0.5) is 0 Å². The van der Waals surface area contributed by atoms with Gasteiger partial charge in [-0.15, -0.1) is 0 Å². The van der Waals surface area contributed by atoms with Gasteiger partial charge in [0.1, 0.15) is 0 Å². The number of hydrogen-bond acceptors (Lipinski definition) is 4.